The number of nitrogens with one attached hydrogen (secondary N) is 1. The van der Waals surface area contributed by atoms with Crippen LogP contribution in [-0.4, -0.2) is 41.4 Å². The van der Waals surface area contributed by atoms with Crippen molar-refractivity contribution in [2.75, 3.05) is 13.2 Å². The molecule has 6 heteroatoms. The SMILES string of the molecule is CC(C)NCC(O)COc1ccc(C(=O)OCc2ccccc2)nc1. The highest BCUT2D eigenvalue weighted by Crippen LogP contribution is 2.11. The Labute approximate surface area is 147 Å². The molecule has 1 heterocycles. The van der Waals surface area contributed by atoms with E-state index >= 15 is 0 Å². The molecule has 0 amide bonds. The van der Waals surface area contributed by atoms with Crippen LogP contribution >= 0.6 is 0 Å². The summed E-state index contributed by atoms with van der Waals surface area (Å²) in [4.78, 5) is 16.0. The molecular weight excluding hydrogens is 320 g/mol. The first-order valence-corrected chi connectivity index (χ1v) is 8.26. The third kappa shape index (κ3) is 6.91. The lowest BCUT2D eigenvalue weighted by Crippen LogP contribution is -2.35. The molecule has 0 aliphatic heterocycles. The highest BCUT2D eigenvalue weighted by Gasteiger charge is 2.10. The molecular formula is C19H24N2O4. The van der Waals surface area contributed by atoms with Crippen molar-refractivity contribution in [2.24, 2.45) is 0 Å². The van der Waals surface area contributed by atoms with Crippen molar-refractivity contribution in [3.8, 4) is 5.75 Å². The third-order valence-electron chi connectivity index (χ3n) is 3.36. The molecule has 6 nitrogen and oxygen atoms in total. The summed E-state index contributed by atoms with van der Waals surface area (Å²) in [6.07, 6.45) is 0.833. The first-order chi connectivity index (χ1) is 12.0. The first kappa shape index (κ1) is 18.9. The molecule has 0 aliphatic carbocycles. The number of rotatable bonds is 9. The van der Waals surface area contributed by atoms with Gasteiger partial charge in [-0.3, -0.25) is 0 Å². The van der Waals surface area contributed by atoms with E-state index in [9.17, 15) is 9.90 Å². The Balaban J connectivity index is 1.77. The lowest BCUT2D eigenvalue weighted by Gasteiger charge is -2.14. The van der Waals surface area contributed by atoms with Gasteiger partial charge in [0.15, 0.2) is 0 Å². The van der Waals surface area contributed by atoms with Crippen molar-refractivity contribution in [2.45, 2.75) is 32.6 Å². The van der Waals surface area contributed by atoms with Crippen molar-refractivity contribution in [1.29, 1.82) is 0 Å². The van der Waals surface area contributed by atoms with Crippen LogP contribution in [0.3, 0.4) is 0 Å². The monoisotopic (exact) mass is 344 g/mol. The van der Waals surface area contributed by atoms with Gasteiger partial charge >= 0.3 is 5.97 Å². The van der Waals surface area contributed by atoms with Crippen LogP contribution in [0, 0.1) is 0 Å². The standard InChI is InChI=1S/C19H24N2O4/c1-14(2)20-10-16(22)13-24-17-8-9-18(21-11-17)19(23)25-12-15-6-4-3-5-7-15/h3-9,11,14,16,20,22H,10,12-13H2,1-2H3. The molecule has 0 spiro atoms. The average molecular weight is 344 g/mol. The van der Waals surface area contributed by atoms with Gasteiger partial charge in [0, 0.05) is 12.6 Å². The zero-order valence-electron chi connectivity index (χ0n) is 14.5. The Hall–Kier alpha value is -2.44. The topological polar surface area (TPSA) is 80.7 Å². The number of hydrogen-bond donors (Lipinski definition) is 2. The molecule has 0 bridgehead atoms. The minimum absolute atomic E-state index is 0.152. The fourth-order valence-corrected chi connectivity index (χ4v) is 2.01. The summed E-state index contributed by atoms with van der Waals surface area (Å²) in [5.74, 6) is -0.000206. The van der Waals surface area contributed by atoms with Crippen molar-refractivity contribution in [3.05, 3.63) is 59.9 Å². The summed E-state index contributed by atoms with van der Waals surface area (Å²) in [5, 5.41) is 12.9. The maximum absolute atomic E-state index is 12.0. The lowest BCUT2D eigenvalue weighted by atomic mass is 10.2. The zero-order valence-corrected chi connectivity index (χ0v) is 14.5. The predicted molar refractivity (Wildman–Crippen MR) is 94.4 cm³/mol. The zero-order chi connectivity index (χ0) is 18.1. The van der Waals surface area contributed by atoms with Crippen molar-refractivity contribution in [1.82, 2.24) is 10.3 Å². The van der Waals surface area contributed by atoms with Crippen molar-refractivity contribution < 1.29 is 19.4 Å². The lowest BCUT2D eigenvalue weighted by molar-refractivity contribution is 0.0465. The van der Waals surface area contributed by atoms with E-state index < -0.39 is 12.1 Å². The number of nitrogens with zero attached hydrogens (tertiary/aromatic N) is 1. The van der Waals surface area contributed by atoms with Gasteiger partial charge in [-0.1, -0.05) is 44.2 Å². The van der Waals surface area contributed by atoms with Crippen LogP contribution < -0.4 is 10.1 Å². The summed E-state index contributed by atoms with van der Waals surface area (Å²) < 4.78 is 10.7. The normalized spacial score (nSPS) is 12.0. The van der Waals surface area contributed by atoms with Crippen molar-refractivity contribution in [3.63, 3.8) is 0 Å². The Morgan fingerprint density at radius 3 is 2.60 bits per heavy atom. The number of carbonyl (C=O) groups is 1. The van der Waals surface area contributed by atoms with Crippen molar-refractivity contribution >= 4 is 5.97 Å². The Morgan fingerprint density at radius 1 is 1.20 bits per heavy atom. The molecule has 1 atom stereocenters. The maximum atomic E-state index is 12.0. The van der Waals surface area contributed by atoms with Crippen LogP contribution in [0.15, 0.2) is 48.7 Å². The second kappa shape index (κ2) is 9.76. The summed E-state index contributed by atoms with van der Waals surface area (Å²) in [6.45, 7) is 4.82. The summed E-state index contributed by atoms with van der Waals surface area (Å²) in [7, 11) is 0. The summed E-state index contributed by atoms with van der Waals surface area (Å²) in [5.41, 5.74) is 1.13. The maximum Gasteiger partial charge on any atom is 0.357 e. The quantitative estimate of drug-likeness (QED) is 0.679. The van der Waals surface area contributed by atoms with Crippen LogP contribution in [0.25, 0.3) is 0 Å². The highest BCUT2D eigenvalue weighted by molar-refractivity contribution is 5.87. The Morgan fingerprint density at radius 2 is 1.96 bits per heavy atom. The number of esters is 1. The van der Waals surface area contributed by atoms with Gasteiger partial charge in [0.25, 0.3) is 0 Å². The molecule has 1 unspecified atom stereocenters. The van der Waals surface area contributed by atoms with E-state index in [0.717, 1.165) is 5.56 Å². The predicted octanol–water partition coefficient (Wildman–Crippen LogP) is 2.18. The second-order valence-corrected chi connectivity index (χ2v) is 5.97. The van der Waals surface area contributed by atoms with Gasteiger partial charge in [0.1, 0.15) is 30.8 Å². The van der Waals surface area contributed by atoms with Gasteiger partial charge in [0.05, 0.1) is 6.20 Å². The number of aliphatic hydroxyl groups is 1. The molecule has 1 aromatic heterocycles. The van der Waals surface area contributed by atoms with E-state index in [0.29, 0.717) is 18.3 Å². The molecule has 0 fully saturated rings. The number of aliphatic hydroxyl groups excluding tert-OH is 1. The van der Waals surface area contributed by atoms with Gasteiger partial charge in [0.2, 0.25) is 0 Å². The number of benzene rings is 1. The fourth-order valence-electron chi connectivity index (χ4n) is 2.01. The molecule has 0 aliphatic rings. The fraction of sp³-hybridized carbons (Fsp3) is 0.368. The van der Waals surface area contributed by atoms with E-state index in [1.54, 1.807) is 12.1 Å². The van der Waals surface area contributed by atoms with Gasteiger partial charge in [-0.15, -0.1) is 0 Å². The average Bonchev–Trinajstić information content (AvgIpc) is 2.64. The second-order valence-electron chi connectivity index (χ2n) is 5.97. The van der Waals surface area contributed by atoms with Gasteiger partial charge in [-0.2, -0.15) is 0 Å². The largest absolute Gasteiger partial charge is 0.489 e. The minimum atomic E-state index is -0.613. The third-order valence-corrected chi connectivity index (χ3v) is 3.36. The number of pyridine rings is 1. The molecule has 2 N–H and O–H groups in total. The molecule has 1 aromatic carbocycles. The smallest absolute Gasteiger partial charge is 0.357 e. The minimum Gasteiger partial charge on any atom is -0.489 e. The molecule has 2 aromatic rings. The van der Waals surface area contributed by atoms with Crippen LogP contribution in [0.5, 0.6) is 5.75 Å². The van der Waals surface area contributed by atoms with E-state index in [4.69, 9.17) is 9.47 Å². The van der Waals surface area contributed by atoms with E-state index in [1.165, 1.54) is 6.20 Å². The van der Waals surface area contributed by atoms with Crippen LogP contribution in [0.2, 0.25) is 0 Å². The molecule has 0 saturated heterocycles. The summed E-state index contributed by atoms with van der Waals surface area (Å²) in [6, 6.07) is 12.9. The Bertz CT molecular complexity index is 644. The highest BCUT2D eigenvalue weighted by atomic mass is 16.5. The summed E-state index contributed by atoms with van der Waals surface area (Å²) >= 11 is 0. The van der Waals surface area contributed by atoms with E-state index in [2.05, 4.69) is 10.3 Å². The van der Waals surface area contributed by atoms with Crippen LogP contribution in [0.4, 0.5) is 0 Å². The number of carbonyl (C=O) groups excluding carboxylic acids is 1. The number of aromatic nitrogens is 1. The van der Waals surface area contributed by atoms with E-state index in [-0.39, 0.29) is 18.9 Å². The number of hydrogen-bond acceptors (Lipinski definition) is 6. The molecule has 2 rings (SSSR count). The molecule has 134 valence electrons. The first-order valence-electron chi connectivity index (χ1n) is 8.26. The van der Waals surface area contributed by atoms with Gasteiger partial charge < -0.3 is 19.9 Å². The molecule has 0 saturated carbocycles. The molecule has 0 radical (unpaired) electrons. The van der Waals surface area contributed by atoms with E-state index in [1.807, 2.05) is 44.2 Å². The van der Waals surface area contributed by atoms with Gasteiger partial charge in [-0.05, 0) is 17.7 Å². The molecule has 25 heavy (non-hydrogen) atoms. The van der Waals surface area contributed by atoms with Crippen LogP contribution in [0.1, 0.15) is 29.9 Å². The van der Waals surface area contributed by atoms with Gasteiger partial charge in [-0.25, -0.2) is 9.78 Å². The van der Waals surface area contributed by atoms with Crippen LogP contribution in [-0.2, 0) is 11.3 Å². The Kier molecular flexibility index (Phi) is 7.37. The number of ether oxygens (including phenoxy) is 2.